The summed E-state index contributed by atoms with van der Waals surface area (Å²) in [4.78, 5) is 13.0. The summed E-state index contributed by atoms with van der Waals surface area (Å²) in [6, 6.07) is 10.7. The molecule has 0 unspecified atom stereocenters. The molecule has 1 N–H and O–H groups in total. The average Bonchev–Trinajstić information content (AvgIpc) is 3.42. The largest absolute Gasteiger partial charge is 0.347 e. The van der Waals surface area contributed by atoms with E-state index in [1.807, 2.05) is 0 Å². The molecule has 0 bridgehead atoms. The van der Waals surface area contributed by atoms with Crippen LogP contribution < -0.4 is 5.32 Å². The second-order valence-electron chi connectivity index (χ2n) is 7.68. The molecule has 33 heavy (non-hydrogen) atoms. The number of halogens is 1. The fourth-order valence-corrected chi connectivity index (χ4v) is 6.11. The lowest BCUT2D eigenvalue weighted by molar-refractivity contribution is 0.0943. The number of hydrogen-bond donors (Lipinski definition) is 1. The van der Waals surface area contributed by atoms with Gasteiger partial charge in [-0.05, 0) is 29.8 Å². The van der Waals surface area contributed by atoms with Crippen LogP contribution in [0.15, 0.2) is 47.4 Å². The second kappa shape index (κ2) is 8.28. The van der Waals surface area contributed by atoms with Crippen molar-refractivity contribution in [2.24, 2.45) is 7.05 Å². The van der Waals surface area contributed by atoms with Crippen molar-refractivity contribution < 1.29 is 17.6 Å². The van der Waals surface area contributed by atoms with Gasteiger partial charge in [0, 0.05) is 44.4 Å². The third-order valence-corrected chi connectivity index (χ3v) is 8.07. The number of aryl methyl sites for hydroxylation is 1. The van der Waals surface area contributed by atoms with Crippen molar-refractivity contribution >= 4 is 38.7 Å². The van der Waals surface area contributed by atoms with Crippen LogP contribution in [0.1, 0.15) is 27.3 Å². The van der Waals surface area contributed by atoms with E-state index in [0.29, 0.717) is 23.0 Å². The lowest BCUT2D eigenvalue weighted by atomic mass is 10.1. The van der Waals surface area contributed by atoms with Crippen LogP contribution in [0.25, 0.3) is 11.0 Å². The molecule has 3 heterocycles. The van der Waals surface area contributed by atoms with Crippen molar-refractivity contribution in [3.05, 3.63) is 70.8 Å². The summed E-state index contributed by atoms with van der Waals surface area (Å²) in [7, 11) is -2.12. The van der Waals surface area contributed by atoms with Crippen LogP contribution in [-0.4, -0.2) is 43.7 Å². The van der Waals surface area contributed by atoms with Crippen LogP contribution in [0.5, 0.6) is 0 Å². The third kappa shape index (κ3) is 3.90. The molecular formula is C21H19FN6O3S2. The number of amides is 1. The predicted molar refractivity (Wildman–Crippen MR) is 119 cm³/mol. The van der Waals surface area contributed by atoms with Gasteiger partial charge in [-0.2, -0.15) is 18.2 Å². The molecule has 0 saturated heterocycles. The molecule has 0 spiro atoms. The fourth-order valence-electron chi connectivity index (χ4n) is 3.95. The summed E-state index contributed by atoms with van der Waals surface area (Å²) in [5.41, 5.74) is 3.19. The number of nitrogens with one attached hydrogen (secondary N) is 1. The van der Waals surface area contributed by atoms with Gasteiger partial charge in [0.15, 0.2) is 5.69 Å². The number of aromatic nitrogens is 4. The highest BCUT2D eigenvalue weighted by Crippen LogP contribution is 2.30. The van der Waals surface area contributed by atoms with E-state index in [2.05, 4.69) is 19.2 Å². The number of carbonyl (C=O) groups excluding carboxylic acids is 1. The molecule has 2 aromatic heterocycles. The molecule has 9 nitrogen and oxygen atoms in total. The molecule has 170 valence electrons. The van der Waals surface area contributed by atoms with Gasteiger partial charge in [-0.3, -0.25) is 9.48 Å². The first-order chi connectivity index (χ1) is 15.8. The van der Waals surface area contributed by atoms with Gasteiger partial charge >= 0.3 is 0 Å². The van der Waals surface area contributed by atoms with E-state index >= 15 is 0 Å². The van der Waals surface area contributed by atoms with Gasteiger partial charge in [0.25, 0.3) is 5.91 Å². The Balaban J connectivity index is 1.41. The van der Waals surface area contributed by atoms with Gasteiger partial charge < -0.3 is 5.32 Å². The molecule has 0 saturated carbocycles. The highest BCUT2D eigenvalue weighted by Gasteiger charge is 2.34. The van der Waals surface area contributed by atoms with Crippen LogP contribution in [0.2, 0.25) is 0 Å². The maximum absolute atomic E-state index is 13.4. The molecule has 2 aromatic carbocycles. The lowest BCUT2D eigenvalue weighted by Crippen LogP contribution is -2.37. The van der Waals surface area contributed by atoms with E-state index in [9.17, 15) is 17.6 Å². The quantitative estimate of drug-likeness (QED) is 0.463. The Morgan fingerprint density at radius 1 is 1.18 bits per heavy atom. The Bertz CT molecular complexity index is 1460. The van der Waals surface area contributed by atoms with Crippen molar-refractivity contribution in [2.75, 3.05) is 6.54 Å². The van der Waals surface area contributed by atoms with Gasteiger partial charge in [-0.25, -0.2) is 12.8 Å². The molecule has 12 heteroatoms. The van der Waals surface area contributed by atoms with Crippen LogP contribution in [-0.2, 0) is 36.6 Å². The number of nitrogens with zero attached hydrogens (tertiary/aromatic N) is 5. The van der Waals surface area contributed by atoms with Gasteiger partial charge in [-0.15, -0.1) is 0 Å². The zero-order chi connectivity index (χ0) is 23.2. The van der Waals surface area contributed by atoms with Crippen molar-refractivity contribution in [1.29, 1.82) is 0 Å². The SMILES string of the molecule is Cn1nc(C(=O)NCc2ccc(F)cc2)c2c1CCN(S(=O)(=O)c1cccc3nsnc13)C2. The standard InChI is InChI=1S/C21H19FN6O3S2/c1-27-17-9-10-28(33(30,31)18-4-2-3-16-20(18)26-32-25-16)12-15(17)19(24-27)21(29)23-11-13-5-7-14(22)8-6-13/h2-8H,9-12H2,1H3,(H,23,29). The molecule has 4 aromatic rings. The molecule has 0 atom stereocenters. The van der Waals surface area contributed by atoms with E-state index in [1.165, 1.54) is 22.5 Å². The van der Waals surface area contributed by atoms with Gasteiger partial charge in [0.05, 0.1) is 11.7 Å². The van der Waals surface area contributed by atoms with Crippen molar-refractivity contribution in [3.63, 3.8) is 0 Å². The molecule has 0 fully saturated rings. The van der Waals surface area contributed by atoms with Crippen molar-refractivity contribution in [1.82, 2.24) is 28.1 Å². The summed E-state index contributed by atoms with van der Waals surface area (Å²) in [6.07, 6.45) is 0.425. The monoisotopic (exact) mass is 486 g/mol. The topological polar surface area (TPSA) is 110 Å². The lowest BCUT2D eigenvalue weighted by Gasteiger charge is -2.27. The first kappa shape index (κ1) is 21.6. The van der Waals surface area contributed by atoms with Gasteiger partial charge in [0.1, 0.15) is 21.7 Å². The van der Waals surface area contributed by atoms with Crippen LogP contribution in [0.3, 0.4) is 0 Å². The Kier molecular flexibility index (Phi) is 5.43. The molecule has 0 radical (unpaired) electrons. The summed E-state index contributed by atoms with van der Waals surface area (Å²) in [5.74, 6) is -0.768. The smallest absolute Gasteiger partial charge is 0.272 e. The molecule has 1 amide bonds. The Labute approximate surface area is 193 Å². The highest BCUT2D eigenvalue weighted by atomic mass is 32.2. The van der Waals surface area contributed by atoms with Crippen LogP contribution in [0.4, 0.5) is 4.39 Å². The molecule has 5 rings (SSSR count). The highest BCUT2D eigenvalue weighted by molar-refractivity contribution is 7.89. The predicted octanol–water partition coefficient (Wildman–Crippen LogP) is 2.24. The average molecular weight is 487 g/mol. The van der Waals surface area contributed by atoms with Crippen molar-refractivity contribution in [3.8, 4) is 0 Å². The molecule has 1 aliphatic heterocycles. The number of fused-ring (bicyclic) bond motifs is 2. The van der Waals surface area contributed by atoms with E-state index in [-0.39, 0.29) is 36.0 Å². The van der Waals surface area contributed by atoms with Crippen LogP contribution in [0, 0.1) is 5.82 Å². The maximum atomic E-state index is 13.4. The minimum atomic E-state index is -3.86. The van der Waals surface area contributed by atoms with E-state index < -0.39 is 15.9 Å². The second-order valence-corrected chi connectivity index (χ2v) is 10.1. The maximum Gasteiger partial charge on any atom is 0.272 e. The molecular weight excluding hydrogens is 467 g/mol. The number of rotatable bonds is 5. The van der Waals surface area contributed by atoms with Gasteiger partial charge in [-0.1, -0.05) is 18.2 Å². The number of benzene rings is 2. The van der Waals surface area contributed by atoms with Gasteiger partial charge in [0.2, 0.25) is 10.0 Å². The summed E-state index contributed by atoms with van der Waals surface area (Å²) >= 11 is 0.962. The molecule has 0 aliphatic carbocycles. The van der Waals surface area contributed by atoms with E-state index in [0.717, 1.165) is 23.0 Å². The summed E-state index contributed by atoms with van der Waals surface area (Å²) in [5, 5.41) is 7.13. The first-order valence-corrected chi connectivity index (χ1v) is 12.3. The molecule has 1 aliphatic rings. The summed E-state index contributed by atoms with van der Waals surface area (Å²) < 4.78 is 51.2. The van der Waals surface area contributed by atoms with E-state index in [1.54, 1.807) is 36.0 Å². The Hall–Kier alpha value is -3.22. The number of carbonyl (C=O) groups is 1. The third-order valence-electron chi connectivity index (χ3n) is 5.66. The normalized spacial score (nSPS) is 14.4. The minimum absolute atomic E-state index is 0.0265. The van der Waals surface area contributed by atoms with E-state index in [4.69, 9.17) is 0 Å². The zero-order valence-corrected chi connectivity index (χ0v) is 19.2. The Morgan fingerprint density at radius 3 is 2.76 bits per heavy atom. The zero-order valence-electron chi connectivity index (χ0n) is 17.5. The Morgan fingerprint density at radius 2 is 1.97 bits per heavy atom. The minimum Gasteiger partial charge on any atom is -0.347 e. The van der Waals surface area contributed by atoms with Crippen LogP contribution >= 0.6 is 11.7 Å². The summed E-state index contributed by atoms with van der Waals surface area (Å²) in [6.45, 7) is 0.490. The first-order valence-electron chi connectivity index (χ1n) is 10.1. The fraction of sp³-hybridized carbons (Fsp3) is 0.238. The number of sulfonamides is 1. The number of hydrogen-bond acceptors (Lipinski definition) is 7. The van der Waals surface area contributed by atoms with Crippen molar-refractivity contribution in [2.45, 2.75) is 24.4 Å².